The number of hydrogen-bond acceptors (Lipinski definition) is 0. The maximum absolute atomic E-state index is 3.98. The van der Waals surface area contributed by atoms with Crippen molar-refractivity contribution in [3.05, 3.63) is 30.3 Å². The largest absolute Gasteiger partial charge is 0.0954 e. The maximum atomic E-state index is 3.98. The second kappa shape index (κ2) is 4.56. The Bertz CT molecular complexity index is 314. The third-order valence-corrected chi connectivity index (χ3v) is 19.8. The molecule has 0 aromatic heterocycles. The number of alkyl halides is 1. The van der Waals surface area contributed by atoms with Gasteiger partial charge in [0, 0.05) is 4.07 Å². The van der Waals surface area contributed by atoms with Crippen molar-refractivity contribution in [2.24, 2.45) is 0 Å². The zero-order chi connectivity index (χ0) is 11.7. The minimum atomic E-state index is -1.34. The molecule has 1 atom stereocenters. The predicted octanol–water partition coefficient (Wildman–Crippen LogP) is 3.78. The second-order valence-corrected chi connectivity index (χ2v) is 18.9. The summed E-state index contributed by atoms with van der Waals surface area (Å²) >= 11 is 3.98. The van der Waals surface area contributed by atoms with Crippen molar-refractivity contribution in [3.63, 3.8) is 0 Å². The van der Waals surface area contributed by atoms with Crippen molar-refractivity contribution in [1.82, 2.24) is 0 Å². The van der Waals surface area contributed by atoms with Gasteiger partial charge in [0.1, 0.15) is 0 Å². The molecule has 1 unspecified atom stereocenters. The first-order valence-corrected chi connectivity index (χ1v) is 13.0. The first-order chi connectivity index (χ1) is 6.76. The minimum Gasteiger partial charge on any atom is -0.0954 e. The van der Waals surface area contributed by atoms with Crippen LogP contribution in [0.3, 0.4) is 0 Å². The molecule has 0 saturated carbocycles. The Morgan fingerprint density at radius 1 is 0.933 bits per heavy atom. The molecular weight excluding hydrogens is 280 g/mol. The number of halogens is 1. The molecule has 0 spiro atoms. The highest BCUT2D eigenvalue weighted by atomic mass is 79.9. The van der Waals surface area contributed by atoms with Crippen molar-refractivity contribution in [2.45, 2.75) is 36.8 Å². The van der Waals surface area contributed by atoms with Gasteiger partial charge in [0.05, 0.1) is 16.1 Å². The predicted molar refractivity (Wildman–Crippen MR) is 79.6 cm³/mol. The van der Waals surface area contributed by atoms with Crippen LogP contribution in [0.4, 0.5) is 0 Å². The van der Waals surface area contributed by atoms with Crippen LogP contribution < -0.4 is 5.19 Å². The number of rotatable bonds is 3. The molecule has 0 N–H and O–H groups in total. The van der Waals surface area contributed by atoms with Crippen LogP contribution in [0, 0.1) is 0 Å². The summed E-state index contributed by atoms with van der Waals surface area (Å²) < 4.78 is 0.736. The molecule has 84 valence electrons. The Morgan fingerprint density at radius 2 is 1.40 bits per heavy atom. The van der Waals surface area contributed by atoms with Gasteiger partial charge in [-0.05, 0) is 0 Å². The summed E-state index contributed by atoms with van der Waals surface area (Å²) in [6.45, 7) is 12.3. The van der Waals surface area contributed by atoms with Gasteiger partial charge in [-0.3, -0.25) is 0 Å². The Balaban J connectivity index is 3.03. The van der Waals surface area contributed by atoms with Crippen LogP contribution in [0.25, 0.3) is 0 Å². The molecule has 0 aliphatic heterocycles. The smallest absolute Gasteiger partial charge is 0.0917 e. The van der Waals surface area contributed by atoms with E-state index < -0.39 is 16.1 Å². The topological polar surface area (TPSA) is 0 Å². The van der Waals surface area contributed by atoms with Crippen molar-refractivity contribution in [1.29, 1.82) is 0 Å². The Hall–Kier alpha value is 0.134. The summed E-state index contributed by atoms with van der Waals surface area (Å²) in [5.74, 6) is 0. The lowest BCUT2D eigenvalue weighted by molar-refractivity contribution is 1.50. The molecule has 0 fully saturated rings. The molecule has 3 heteroatoms. The molecule has 1 rings (SSSR count). The molecule has 1 aromatic rings. The standard InChI is InChI=1S/C12H21BrSi2/c1-14(2,3)12(13)15(4,5)11-9-7-6-8-10-11/h6-10,12H,1-5H3. The highest BCUT2D eigenvalue weighted by Crippen LogP contribution is 2.26. The van der Waals surface area contributed by atoms with E-state index in [1.165, 1.54) is 0 Å². The van der Waals surface area contributed by atoms with Crippen LogP contribution in [0.1, 0.15) is 0 Å². The molecule has 15 heavy (non-hydrogen) atoms. The van der Waals surface area contributed by atoms with Gasteiger partial charge in [-0.1, -0.05) is 84.2 Å². The monoisotopic (exact) mass is 300 g/mol. The average molecular weight is 301 g/mol. The van der Waals surface area contributed by atoms with E-state index in [1.54, 1.807) is 5.19 Å². The Labute approximate surface area is 104 Å². The van der Waals surface area contributed by atoms with Gasteiger partial charge in [-0.15, -0.1) is 0 Å². The summed E-state index contributed by atoms with van der Waals surface area (Å²) in [7, 11) is -2.44. The van der Waals surface area contributed by atoms with Crippen LogP contribution in [-0.2, 0) is 0 Å². The minimum absolute atomic E-state index is 0.736. The maximum Gasteiger partial charge on any atom is 0.0917 e. The highest BCUT2D eigenvalue weighted by Gasteiger charge is 2.39. The van der Waals surface area contributed by atoms with Crippen LogP contribution >= 0.6 is 15.9 Å². The zero-order valence-corrected chi connectivity index (χ0v) is 13.9. The molecule has 0 aliphatic rings. The Kier molecular flexibility index (Phi) is 4.01. The van der Waals surface area contributed by atoms with Crippen molar-refractivity contribution in [3.8, 4) is 0 Å². The molecule has 0 aliphatic carbocycles. The van der Waals surface area contributed by atoms with Crippen LogP contribution in [0.2, 0.25) is 32.7 Å². The van der Waals surface area contributed by atoms with E-state index in [2.05, 4.69) is 79.0 Å². The van der Waals surface area contributed by atoms with E-state index in [-0.39, 0.29) is 0 Å². The summed E-state index contributed by atoms with van der Waals surface area (Å²) in [4.78, 5) is 0. The quantitative estimate of drug-likeness (QED) is 0.589. The summed E-state index contributed by atoms with van der Waals surface area (Å²) in [6, 6.07) is 11.0. The Morgan fingerprint density at radius 3 is 1.80 bits per heavy atom. The van der Waals surface area contributed by atoms with Gasteiger partial charge < -0.3 is 0 Å². The van der Waals surface area contributed by atoms with E-state index >= 15 is 0 Å². The molecule has 0 radical (unpaired) electrons. The van der Waals surface area contributed by atoms with Crippen LogP contribution in [-0.4, -0.2) is 20.2 Å². The molecule has 0 saturated heterocycles. The summed E-state index contributed by atoms with van der Waals surface area (Å²) in [5.41, 5.74) is 0. The molecule has 0 nitrogen and oxygen atoms in total. The van der Waals surface area contributed by atoms with Crippen LogP contribution in [0.15, 0.2) is 30.3 Å². The van der Waals surface area contributed by atoms with Gasteiger partial charge >= 0.3 is 0 Å². The molecule has 1 aromatic carbocycles. The number of hydrogen-bond donors (Lipinski definition) is 0. The van der Waals surface area contributed by atoms with E-state index in [0.717, 1.165) is 4.07 Å². The molecule has 0 amide bonds. The normalized spacial score (nSPS) is 15.1. The number of benzene rings is 1. The molecular formula is C12H21BrSi2. The second-order valence-electron chi connectivity index (χ2n) is 5.82. The fourth-order valence-corrected chi connectivity index (χ4v) is 13.4. The average Bonchev–Trinajstić information content (AvgIpc) is 2.16. The first-order valence-electron chi connectivity index (χ1n) is 5.46. The highest BCUT2D eigenvalue weighted by molar-refractivity contribution is 9.10. The van der Waals surface area contributed by atoms with Crippen molar-refractivity contribution in [2.75, 3.05) is 0 Å². The molecule has 0 heterocycles. The lowest BCUT2D eigenvalue weighted by Crippen LogP contribution is -2.59. The zero-order valence-electron chi connectivity index (χ0n) is 10.3. The summed E-state index contributed by atoms with van der Waals surface area (Å²) in [5, 5.41) is 1.56. The van der Waals surface area contributed by atoms with Gasteiger partial charge in [-0.2, -0.15) is 0 Å². The van der Waals surface area contributed by atoms with E-state index in [0.29, 0.717) is 0 Å². The van der Waals surface area contributed by atoms with Gasteiger partial charge in [0.25, 0.3) is 0 Å². The fourth-order valence-electron chi connectivity index (χ4n) is 2.10. The van der Waals surface area contributed by atoms with E-state index in [9.17, 15) is 0 Å². The van der Waals surface area contributed by atoms with Crippen LogP contribution in [0.5, 0.6) is 0 Å². The van der Waals surface area contributed by atoms with Gasteiger partial charge in [0.2, 0.25) is 0 Å². The first kappa shape index (κ1) is 13.2. The van der Waals surface area contributed by atoms with E-state index in [1.807, 2.05) is 0 Å². The summed E-state index contributed by atoms with van der Waals surface area (Å²) in [6.07, 6.45) is 0. The third kappa shape index (κ3) is 3.05. The molecule has 0 bridgehead atoms. The van der Waals surface area contributed by atoms with Gasteiger partial charge in [-0.25, -0.2) is 0 Å². The van der Waals surface area contributed by atoms with Crippen molar-refractivity contribution < 1.29 is 0 Å². The lowest BCUT2D eigenvalue weighted by atomic mass is 10.4. The third-order valence-electron chi connectivity index (χ3n) is 2.91. The fraction of sp³-hybridized carbons (Fsp3) is 0.500. The van der Waals surface area contributed by atoms with Crippen molar-refractivity contribution >= 4 is 37.3 Å². The SMILES string of the molecule is C[Si](C)(C)C(Br)[Si](C)(C)c1ccccc1. The van der Waals surface area contributed by atoms with Gasteiger partial charge in [0.15, 0.2) is 0 Å². The lowest BCUT2D eigenvalue weighted by Gasteiger charge is -2.36. The van der Waals surface area contributed by atoms with E-state index in [4.69, 9.17) is 0 Å².